The first-order valence-corrected chi connectivity index (χ1v) is 4.04. The smallest absolute Gasteiger partial charge is 0.113 e. The molecule has 1 saturated heterocycles. The number of hydrogen-bond acceptors (Lipinski definition) is 3. The highest BCUT2D eigenvalue weighted by molar-refractivity contribution is 4.82. The average Bonchev–Trinajstić information content (AvgIpc) is 2.33. The highest BCUT2D eigenvalue weighted by Gasteiger charge is 2.32. The molecule has 0 aromatic rings. The summed E-state index contributed by atoms with van der Waals surface area (Å²) in [5, 5.41) is 9.69. The van der Waals surface area contributed by atoms with Crippen molar-refractivity contribution in [3.63, 3.8) is 0 Å². The zero-order valence-corrected chi connectivity index (χ0v) is 7.17. The largest absolute Gasteiger partial charge is 0.385 e. The molecule has 0 aliphatic carbocycles. The number of aliphatic hydroxyl groups is 1. The molecule has 0 radical (unpaired) electrons. The molecule has 66 valence electrons. The van der Waals surface area contributed by atoms with Gasteiger partial charge in [-0.3, -0.25) is 0 Å². The Kier molecular flexibility index (Phi) is 2.87. The van der Waals surface area contributed by atoms with E-state index in [1.807, 2.05) is 13.8 Å². The van der Waals surface area contributed by atoms with Crippen LogP contribution in [-0.2, 0) is 9.47 Å². The summed E-state index contributed by atoms with van der Waals surface area (Å²) >= 11 is 0. The van der Waals surface area contributed by atoms with E-state index in [2.05, 4.69) is 0 Å². The summed E-state index contributed by atoms with van der Waals surface area (Å²) < 4.78 is 10.4. The molecule has 3 heteroatoms. The molecular weight excluding hydrogens is 144 g/mol. The molecular formula is C8H16O3. The Morgan fingerprint density at radius 3 is 2.82 bits per heavy atom. The topological polar surface area (TPSA) is 38.7 Å². The van der Waals surface area contributed by atoms with Gasteiger partial charge in [0.05, 0.1) is 19.3 Å². The van der Waals surface area contributed by atoms with Crippen molar-refractivity contribution in [2.24, 2.45) is 0 Å². The molecule has 0 aromatic carbocycles. The lowest BCUT2D eigenvalue weighted by molar-refractivity contribution is -0.0660. The molecule has 1 atom stereocenters. The van der Waals surface area contributed by atoms with E-state index in [-0.39, 0.29) is 6.10 Å². The van der Waals surface area contributed by atoms with Crippen LogP contribution in [0.15, 0.2) is 0 Å². The van der Waals surface area contributed by atoms with Gasteiger partial charge in [0.15, 0.2) is 0 Å². The van der Waals surface area contributed by atoms with Gasteiger partial charge in [0, 0.05) is 13.0 Å². The van der Waals surface area contributed by atoms with Crippen LogP contribution < -0.4 is 0 Å². The van der Waals surface area contributed by atoms with Gasteiger partial charge in [0.25, 0.3) is 0 Å². The number of hydrogen-bond donors (Lipinski definition) is 1. The molecule has 1 rings (SSSR count). The molecule has 1 aliphatic heterocycles. The van der Waals surface area contributed by atoms with Crippen molar-refractivity contribution >= 4 is 0 Å². The van der Waals surface area contributed by atoms with Crippen molar-refractivity contribution in [1.82, 2.24) is 0 Å². The highest BCUT2D eigenvalue weighted by atomic mass is 16.5. The average molecular weight is 160 g/mol. The maximum atomic E-state index is 9.69. The SMILES string of the molecule is CC(C)OCC1(O)CCOC1. The van der Waals surface area contributed by atoms with E-state index in [1.54, 1.807) is 0 Å². The summed E-state index contributed by atoms with van der Waals surface area (Å²) in [6.45, 7) is 5.38. The van der Waals surface area contributed by atoms with Crippen LogP contribution in [0, 0.1) is 0 Å². The van der Waals surface area contributed by atoms with Crippen molar-refractivity contribution in [3.05, 3.63) is 0 Å². The monoisotopic (exact) mass is 160 g/mol. The van der Waals surface area contributed by atoms with Crippen molar-refractivity contribution in [1.29, 1.82) is 0 Å². The normalized spacial score (nSPS) is 31.6. The Labute approximate surface area is 67.3 Å². The van der Waals surface area contributed by atoms with Crippen molar-refractivity contribution in [3.8, 4) is 0 Å². The minimum atomic E-state index is -0.718. The quantitative estimate of drug-likeness (QED) is 0.655. The maximum Gasteiger partial charge on any atom is 0.113 e. The van der Waals surface area contributed by atoms with Crippen LogP contribution in [0.4, 0.5) is 0 Å². The van der Waals surface area contributed by atoms with Gasteiger partial charge in [-0.15, -0.1) is 0 Å². The number of rotatable bonds is 3. The van der Waals surface area contributed by atoms with Crippen LogP contribution >= 0.6 is 0 Å². The summed E-state index contributed by atoms with van der Waals surface area (Å²) in [7, 11) is 0. The fourth-order valence-electron chi connectivity index (χ4n) is 1.03. The third-order valence-electron chi connectivity index (χ3n) is 1.77. The minimum absolute atomic E-state index is 0.180. The Bertz CT molecular complexity index is 117. The molecule has 1 fully saturated rings. The van der Waals surface area contributed by atoms with Crippen molar-refractivity contribution < 1.29 is 14.6 Å². The molecule has 1 unspecified atom stereocenters. The Morgan fingerprint density at radius 1 is 1.64 bits per heavy atom. The van der Waals surface area contributed by atoms with E-state index in [0.29, 0.717) is 26.2 Å². The first-order chi connectivity index (χ1) is 5.12. The van der Waals surface area contributed by atoms with Crippen LogP contribution in [0.5, 0.6) is 0 Å². The predicted octanol–water partition coefficient (Wildman–Crippen LogP) is 0.563. The van der Waals surface area contributed by atoms with Crippen LogP contribution in [0.1, 0.15) is 20.3 Å². The molecule has 1 heterocycles. The lowest BCUT2D eigenvalue weighted by Gasteiger charge is -2.21. The first-order valence-electron chi connectivity index (χ1n) is 4.04. The van der Waals surface area contributed by atoms with E-state index >= 15 is 0 Å². The van der Waals surface area contributed by atoms with Gasteiger partial charge >= 0.3 is 0 Å². The molecule has 11 heavy (non-hydrogen) atoms. The molecule has 0 bridgehead atoms. The van der Waals surface area contributed by atoms with Crippen LogP contribution in [0.3, 0.4) is 0 Å². The van der Waals surface area contributed by atoms with Crippen molar-refractivity contribution in [2.75, 3.05) is 19.8 Å². The Hall–Kier alpha value is -0.120. The fourth-order valence-corrected chi connectivity index (χ4v) is 1.03. The second-order valence-corrected chi connectivity index (χ2v) is 3.39. The first kappa shape index (κ1) is 8.97. The van der Waals surface area contributed by atoms with Gasteiger partial charge < -0.3 is 14.6 Å². The molecule has 1 N–H and O–H groups in total. The Morgan fingerprint density at radius 2 is 2.36 bits per heavy atom. The lowest BCUT2D eigenvalue weighted by atomic mass is 10.1. The highest BCUT2D eigenvalue weighted by Crippen LogP contribution is 2.18. The van der Waals surface area contributed by atoms with Crippen molar-refractivity contribution in [2.45, 2.75) is 32.0 Å². The minimum Gasteiger partial charge on any atom is -0.385 e. The van der Waals surface area contributed by atoms with Gasteiger partial charge in [-0.05, 0) is 13.8 Å². The Balaban J connectivity index is 2.23. The maximum absolute atomic E-state index is 9.69. The van der Waals surface area contributed by atoms with E-state index < -0.39 is 5.60 Å². The molecule has 1 aliphatic rings. The summed E-state index contributed by atoms with van der Waals surface area (Å²) in [5.74, 6) is 0. The molecule has 0 aromatic heterocycles. The van der Waals surface area contributed by atoms with Gasteiger partial charge in [0.2, 0.25) is 0 Å². The van der Waals surface area contributed by atoms with Gasteiger partial charge in [-0.2, -0.15) is 0 Å². The van der Waals surface area contributed by atoms with Crippen LogP contribution in [0.25, 0.3) is 0 Å². The summed E-state index contributed by atoms with van der Waals surface area (Å²) in [4.78, 5) is 0. The van der Waals surface area contributed by atoms with E-state index in [9.17, 15) is 5.11 Å². The standard InChI is InChI=1S/C8H16O3/c1-7(2)11-6-8(9)3-4-10-5-8/h7,9H,3-6H2,1-2H3. The van der Waals surface area contributed by atoms with Gasteiger partial charge in [0.1, 0.15) is 5.60 Å². The zero-order valence-electron chi connectivity index (χ0n) is 7.17. The third-order valence-corrected chi connectivity index (χ3v) is 1.77. The summed E-state index contributed by atoms with van der Waals surface area (Å²) in [6, 6.07) is 0. The van der Waals surface area contributed by atoms with E-state index in [4.69, 9.17) is 9.47 Å². The predicted molar refractivity (Wildman–Crippen MR) is 41.5 cm³/mol. The van der Waals surface area contributed by atoms with E-state index in [1.165, 1.54) is 0 Å². The fraction of sp³-hybridized carbons (Fsp3) is 1.00. The molecule has 0 saturated carbocycles. The van der Waals surface area contributed by atoms with E-state index in [0.717, 1.165) is 0 Å². The zero-order chi connectivity index (χ0) is 8.32. The molecule has 0 amide bonds. The molecule has 0 spiro atoms. The van der Waals surface area contributed by atoms with Crippen LogP contribution in [-0.4, -0.2) is 36.6 Å². The van der Waals surface area contributed by atoms with Gasteiger partial charge in [-0.1, -0.05) is 0 Å². The third kappa shape index (κ3) is 2.77. The second-order valence-electron chi connectivity index (χ2n) is 3.39. The van der Waals surface area contributed by atoms with Crippen LogP contribution in [0.2, 0.25) is 0 Å². The summed E-state index contributed by atoms with van der Waals surface area (Å²) in [5.41, 5.74) is -0.718. The number of ether oxygens (including phenoxy) is 2. The molecule has 3 nitrogen and oxygen atoms in total. The lowest BCUT2D eigenvalue weighted by Crippen LogP contribution is -2.35. The summed E-state index contributed by atoms with van der Waals surface area (Å²) in [6.07, 6.45) is 0.874. The second kappa shape index (κ2) is 3.52. The van der Waals surface area contributed by atoms with Gasteiger partial charge in [-0.25, -0.2) is 0 Å².